The standard InChI is InChI=1S/C7H4Cl2N4S/c8-4-2-1-3-5(9)6(4)13-7(14)10-11-12-13/h1-3H,(H,10,12,14). The van der Waals surface area contributed by atoms with Gasteiger partial charge in [0.25, 0.3) is 0 Å². The van der Waals surface area contributed by atoms with Crippen molar-refractivity contribution in [1.29, 1.82) is 0 Å². The van der Waals surface area contributed by atoms with E-state index >= 15 is 0 Å². The van der Waals surface area contributed by atoms with E-state index in [0.717, 1.165) is 0 Å². The molecule has 1 aromatic carbocycles. The Morgan fingerprint density at radius 1 is 1.29 bits per heavy atom. The molecule has 0 saturated carbocycles. The summed E-state index contributed by atoms with van der Waals surface area (Å²) in [6.45, 7) is 0. The fourth-order valence-corrected chi connectivity index (χ4v) is 1.79. The summed E-state index contributed by atoms with van der Waals surface area (Å²) >= 11 is 16.9. The molecule has 14 heavy (non-hydrogen) atoms. The summed E-state index contributed by atoms with van der Waals surface area (Å²) in [6, 6.07) is 5.18. The molecular formula is C7H4Cl2N4S. The lowest BCUT2D eigenvalue weighted by molar-refractivity contribution is 0.786. The summed E-state index contributed by atoms with van der Waals surface area (Å²) in [5.74, 6) is 0. The first kappa shape index (κ1) is 9.64. The zero-order valence-corrected chi connectivity index (χ0v) is 9.07. The highest BCUT2D eigenvalue weighted by atomic mass is 35.5. The Hall–Kier alpha value is -0.910. The van der Waals surface area contributed by atoms with E-state index in [1.807, 2.05) is 0 Å². The van der Waals surface area contributed by atoms with E-state index < -0.39 is 0 Å². The van der Waals surface area contributed by atoms with Crippen LogP contribution in [0.4, 0.5) is 0 Å². The van der Waals surface area contributed by atoms with Gasteiger partial charge in [0.2, 0.25) is 4.77 Å². The van der Waals surface area contributed by atoms with Crippen molar-refractivity contribution in [3.8, 4) is 5.69 Å². The van der Waals surface area contributed by atoms with Gasteiger partial charge in [-0.25, -0.2) is 4.68 Å². The molecule has 1 aromatic heterocycles. The number of nitrogens with one attached hydrogen (secondary N) is 1. The first-order valence-electron chi connectivity index (χ1n) is 3.64. The number of benzene rings is 1. The number of hydrogen-bond donors (Lipinski definition) is 1. The highest BCUT2D eigenvalue weighted by molar-refractivity contribution is 7.71. The molecule has 0 aliphatic carbocycles. The Balaban J connectivity index is 2.74. The Kier molecular flexibility index (Phi) is 2.54. The zero-order valence-electron chi connectivity index (χ0n) is 6.74. The van der Waals surface area contributed by atoms with Gasteiger partial charge >= 0.3 is 0 Å². The van der Waals surface area contributed by atoms with Crippen molar-refractivity contribution in [2.45, 2.75) is 0 Å². The molecule has 7 heteroatoms. The van der Waals surface area contributed by atoms with Gasteiger partial charge < -0.3 is 0 Å². The van der Waals surface area contributed by atoms with Gasteiger partial charge in [0, 0.05) is 0 Å². The Morgan fingerprint density at radius 3 is 2.43 bits per heavy atom. The fourth-order valence-electron chi connectivity index (χ4n) is 1.05. The molecule has 72 valence electrons. The molecular weight excluding hydrogens is 243 g/mol. The van der Waals surface area contributed by atoms with E-state index in [9.17, 15) is 0 Å². The number of nitrogens with zero attached hydrogens (tertiary/aromatic N) is 3. The van der Waals surface area contributed by atoms with E-state index in [0.29, 0.717) is 15.7 Å². The molecule has 2 rings (SSSR count). The minimum atomic E-state index is 0.278. The van der Waals surface area contributed by atoms with Crippen LogP contribution in [-0.2, 0) is 0 Å². The van der Waals surface area contributed by atoms with Crippen molar-refractivity contribution in [2.24, 2.45) is 0 Å². The average Bonchev–Trinajstić information content (AvgIpc) is 2.52. The molecule has 0 aliphatic rings. The molecule has 0 atom stereocenters. The first-order chi connectivity index (χ1) is 6.70. The predicted molar refractivity (Wildman–Crippen MR) is 56.6 cm³/mol. The van der Waals surface area contributed by atoms with Gasteiger partial charge in [-0.1, -0.05) is 39.6 Å². The molecule has 2 aromatic rings. The summed E-state index contributed by atoms with van der Waals surface area (Å²) in [5.41, 5.74) is 0.561. The number of rotatable bonds is 1. The zero-order chi connectivity index (χ0) is 10.1. The van der Waals surface area contributed by atoms with Crippen molar-refractivity contribution in [3.05, 3.63) is 33.0 Å². The molecule has 0 unspecified atom stereocenters. The van der Waals surface area contributed by atoms with Crippen LogP contribution in [0.3, 0.4) is 0 Å². The van der Waals surface area contributed by atoms with Crippen molar-refractivity contribution in [3.63, 3.8) is 0 Å². The summed E-state index contributed by atoms with van der Waals surface area (Å²) in [4.78, 5) is 0. The maximum Gasteiger partial charge on any atom is 0.243 e. The average molecular weight is 247 g/mol. The highest BCUT2D eigenvalue weighted by Gasteiger charge is 2.09. The smallest absolute Gasteiger partial charge is 0.207 e. The van der Waals surface area contributed by atoms with Crippen LogP contribution in [0.1, 0.15) is 0 Å². The van der Waals surface area contributed by atoms with Gasteiger partial charge in [0.05, 0.1) is 10.0 Å². The number of aromatic amines is 1. The Bertz CT molecular complexity index is 498. The lowest BCUT2D eigenvalue weighted by atomic mass is 10.3. The molecule has 4 nitrogen and oxygen atoms in total. The van der Waals surface area contributed by atoms with Gasteiger partial charge in [-0.3, -0.25) is 0 Å². The van der Waals surface area contributed by atoms with Gasteiger partial charge in [-0.2, -0.15) is 5.21 Å². The minimum absolute atomic E-state index is 0.278. The number of hydrogen-bond acceptors (Lipinski definition) is 3. The third kappa shape index (κ3) is 1.54. The normalized spacial score (nSPS) is 10.4. The van der Waals surface area contributed by atoms with Crippen LogP contribution in [0.2, 0.25) is 10.0 Å². The monoisotopic (exact) mass is 246 g/mol. The van der Waals surface area contributed by atoms with E-state index in [4.69, 9.17) is 35.4 Å². The lowest BCUT2D eigenvalue weighted by Gasteiger charge is -2.05. The highest BCUT2D eigenvalue weighted by Crippen LogP contribution is 2.27. The summed E-state index contributed by atoms with van der Waals surface area (Å²) in [5, 5.41) is 10.7. The molecule has 0 bridgehead atoms. The summed E-state index contributed by atoms with van der Waals surface area (Å²) < 4.78 is 1.72. The molecule has 0 saturated heterocycles. The molecule has 1 N–H and O–H groups in total. The number of para-hydroxylation sites is 1. The molecule has 0 spiro atoms. The Labute approximate surface area is 94.4 Å². The fraction of sp³-hybridized carbons (Fsp3) is 0. The maximum absolute atomic E-state index is 5.97. The van der Waals surface area contributed by atoms with Crippen LogP contribution in [0.5, 0.6) is 0 Å². The van der Waals surface area contributed by atoms with E-state index in [1.165, 1.54) is 4.68 Å². The summed E-state index contributed by atoms with van der Waals surface area (Å²) in [7, 11) is 0. The topological polar surface area (TPSA) is 46.5 Å². The van der Waals surface area contributed by atoms with Gasteiger partial charge in [-0.15, -0.1) is 0 Å². The number of tetrazole rings is 1. The molecule has 0 radical (unpaired) electrons. The van der Waals surface area contributed by atoms with Crippen molar-refractivity contribution in [1.82, 2.24) is 20.2 Å². The van der Waals surface area contributed by atoms with Crippen LogP contribution in [0.15, 0.2) is 18.2 Å². The number of H-pyrrole nitrogens is 1. The quantitative estimate of drug-likeness (QED) is 0.788. The van der Waals surface area contributed by atoms with Crippen LogP contribution in [-0.4, -0.2) is 20.2 Å². The second-order valence-electron chi connectivity index (χ2n) is 2.49. The maximum atomic E-state index is 5.97. The largest absolute Gasteiger partial charge is 0.243 e. The van der Waals surface area contributed by atoms with Crippen LogP contribution >= 0.6 is 35.4 Å². The SMILES string of the molecule is S=c1nn[nH]n1-c1c(Cl)cccc1Cl. The van der Waals surface area contributed by atoms with Crippen LogP contribution < -0.4 is 0 Å². The predicted octanol–water partition coefficient (Wildman–Crippen LogP) is 2.63. The molecule has 0 aliphatic heterocycles. The van der Waals surface area contributed by atoms with Crippen molar-refractivity contribution in [2.75, 3.05) is 0 Å². The number of aromatic nitrogens is 4. The third-order valence-corrected chi connectivity index (χ3v) is 2.51. The number of halogens is 2. The van der Waals surface area contributed by atoms with Gasteiger partial charge in [0.15, 0.2) is 0 Å². The van der Waals surface area contributed by atoms with Crippen molar-refractivity contribution < 1.29 is 0 Å². The summed E-state index contributed by atoms with van der Waals surface area (Å²) in [6.07, 6.45) is 0. The molecule has 0 fully saturated rings. The van der Waals surface area contributed by atoms with Crippen LogP contribution in [0.25, 0.3) is 5.69 Å². The Morgan fingerprint density at radius 2 is 1.93 bits per heavy atom. The van der Waals surface area contributed by atoms with Crippen molar-refractivity contribution >= 4 is 35.4 Å². The molecule has 0 amide bonds. The van der Waals surface area contributed by atoms with Crippen LogP contribution in [0, 0.1) is 4.77 Å². The van der Waals surface area contributed by atoms with E-state index in [-0.39, 0.29) is 4.77 Å². The van der Waals surface area contributed by atoms with E-state index in [2.05, 4.69) is 15.5 Å². The van der Waals surface area contributed by atoms with E-state index in [1.54, 1.807) is 18.2 Å². The van der Waals surface area contributed by atoms with Gasteiger partial charge in [-0.05, 0) is 24.4 Å². The minimum Gasteiger partial charge on any atom is -0.207 e. The van der Waals surface area contributed by atoms with Gasteiger partial charge in [0.1, 0.15) is 5.69 Å². The lowest BCUT2D eigenvalue weighted by Crippen LogP contribution is -1.98. The first-order valence-corrected chi connectivity index (χ1v) is 4.81. The second-order valence-corrected chi connectivity index (χ2v) is 3.67. The molecule has 1 heterocycles. The second kappa shape index (κ2) is 3.68. The third-order valence-electron chi connectivity index (χ3n) is 1.63.